The van der Waals surface area contributed by atoms with Crippen LogP contribution in [0.4, 0.5) is 4.39 Å². The maximum absolute atomic E-state index is 13.6. The zero-order valence-electron chi connectivity index (χ0n) is 10.7. The molecule has 0 aromatic heterocycles. The van der Waals surface area contributed by atoms with Gasteiger partial charge >= 0.3 is 0 Å². The molecular weight excluding hydrogens is 217 g/mol. The summed E-state index contributed by atoms with van der Waals surface area (Å²) in [5.74, 6) is 0.793. The molecule has 1 aliphatic rings. The number of rotatable bonds is 3. The van der Waals surface area contributed by atoms with E-state index in [-0.39, 0.29) is 11.9 Å². The summed E-state index contributed by atoms with van der Waals surface area (Å²) in [6.45, 7) is 5.25. The van der Waals surface area contributed by atoms with Crippen molar-refractivity contribution in [2.75, 3.05) is 13.7 Å². The van der Waals surface area contributed by atoms with Gasteiger partial charge in [0.1, 0.15) is 11.6 Å². The molecule has 1 N–H and O–H groups in total. The third kappa shape index (κ3) is 2.44. The molecule has 1 atom stereocenters. The molecule has 94 valence electrons. The average Bonchev–Trinajstić information content (AvgIpc) is 2.80. The summed E-state index contributed by atoms with van der Waals surface area (Å²) >= 11 is 0. The number of methoxy groups -OCH3 is 1. The second kappa shape index (κ2) is 5.05. The van der Waals surface area contributed by atoms with Crippen LogP contribution in [0.3, 0.4) is 0 Å². The van der Waals surface area contributed by atoms with Crippen molar-refractivity contribution in [2.24, 2.45) is 0 Å². The van der Waals surface area contributed by atoms with Gasteiger partial charge in [0.15, 0.2) is 0 Å². The maximum Gasteiger partial charge on any atom is 0.127 e. The van der Waals surface area contributed by atoms with E-state index < -0.39 is 0 Å². The fourth-order valence-corrected chi connectivity index (χ4v) is 2.64. The van der Waals surface area contributed by atoms with Gasteiger partial charge in [-0.3, -0.25) is 0 Å². The monoisotopic (exact) mass is 237 g/mol. The van der Waals surface area contributed by atoms with Gasteiger partial charge in [-0.25, -0.2) is 4.39 Å². The highest BCUT2D eigenvalue weighted by atomic mass is 19.1. The Hall–Kier alpha value is -1.09. The van der Waals surface area contributed by atoms with Crippen LogP contribution in [-0.4, -0.2) is 13.7 Å². The van der Waals surface area contributed by atoms with Crippen LogP contribution in [0.1, 0.15) is 49.8 Å². The smallest absolute Gasteiger partial charge is 0.127 e. The predicted octanol–water partition coefficient (Wildman–Crippen LogP) is 3.38. The molecule has 1 aliphatic heterocycles. The highest BCUT2D eigenvalue weighted by Crippen LogP contribution is 2.36. The minimum absolute atomic E-state index is 0.213. The molecule has 2 rings (SSSR count). The normalized spacial score (nSPS) is 19.9. The summed E-state index contributed by atoms with van der Waals surface area (Å²) in [6, 6.07) is 3.41. The lowest BCUT2D eigenvalue weighted by Crippen LogP contribution is -2.16. The molecule has 1 aromatic rings. The average molecular weight is 237 g/mol. The minimum Gasteiger partial charge on any atom is -0.496 e. The lowest BCUT2D eigenvalue weighted by Gasteiger charge is -2.21. The van der Waals surface area contributed by atoms with Gasteiger partial charge in [-0.05, 0) is 36.9 Å². The fraction of sp³-hybridized carbons (Fsp3) is 0.571. The molecule has 1 unspecified atom stereocenters. The number of ether oxygens (including phenoxy) is 1. The topological polar surface area (TPSA) is 21.3 Å². The molecule has 1 heterocycles. The quantitative estimate of drug-likeness (QED) is 0.870. The van der Waals surface area contributed by atoms with E-state index in [0.29, 0.717) is 11.7 Å². The van der Waals surface area contributed by atoms with Crippen molar-refractivity contribution < 1.29 is 9.13 Å². The molecule has 17 heavy (non-hydrogen) atoms. The molecule has 2 nitrogen and oxygen atoms in total. The molecule has 0 amide bonds. The zero-order valence-corrected chi connectivity index (χ0v) is 10.7. The molecule has 3 heteroatoms. The van der Waals surface area contributed by atoms with Gasteiger partial charge in [0.25, 0.3) is 0 Å². The van der Waals surface area contributed by atoms with Crippen LogP contribution in [0.2, 0.25) is 0 Å². The SMILES string of the molecule is COc1cc(F)cc(C2CCCN2)c1C(C)C. The lowest BCUT2D eigenvalue weighted by molar-refractivity contribution is 0.401. The third-order valence-corrected chi connectivity index (χ3v) is 3.37. The van der Waals surface area contributed by atoms with Crippen molar-refractivity contribution in [1.82, 2.24) is 5.32 Å². The Kier molecular flexibility index (Phi) is 3.67. The summed E-state index contributed by atoms with van der Waals surface area (Å²) in [7, 11) is 1.60. The number of nitrogens with one attached hydrogen (secondary N) is 1. The highest BCUT2D eigenvalue weighted by Gasteiger charge is 2.23. The first-order valence-electron chi connectivity index (χ1n) is 6.24. The molecule has 0 spiro atoms. The van der Waals surface area contributed by atoms with Crippen LogP contribution in [0.15, 0.2) is 12.1 Å². The van der Waals surface area contributed by atoms with Crippen molar-refractivity contribution in [3.05, 3.63) is 29.1 Å². The van der Waals surface area contributed by atoms with Crippen molar-refractivity contribution in [2.45, 2.75) is 38.6 Å². The van der Waals surface area contributed by atoms with Gasteiger partial charge in [-0.2, -0.15) is 0 Å². The highest BCUT2D eigenvalue weighted by molar-refractivity contribution is 5.44. The first kappa shape index (κ1) is 12.4. The predicted molar refractivity (Wildman–Crippen MR) is 67.0 cm³/mol. The van der Waals surface area contributed by atoms with E-state index in [0.717, 1.165) is 30.5 Å². The van der Waals surface area contributed by atoms with Gasteiger partial charge in [0.2, 0.25) is 0 Å². The first-order valence-corrected chi connectivity index (χ1v) is 6.24. The first-order chi connectivity index (χ1) is 8.13. The summed E-state index contributed by atoms with van der Waals surface area (Å²) < 4.78 is 18.9. The van der Waals surface area contributed by atoms with Crippen LogP contribution in [0.25, 0.3) is 0 Å². The van der Waals surface area contributed by atoms with Gasteiger partial charge in [-0.1, -0.05) is 13.8 Å². The fourth-order valence-electron chi connectivity index (χ4n) is 2.64. The Balaban J connectivity index is 2.50. The molecule has 1 fully saturated rings. The number of benzene rings is 1. The van der Waals surface area contributed by atoms with Gasteiger partial charge < -0.3 is 10.1 Å². The van der Waals surface area contributed by atoms with E-state index in [9.17, 15) is 4.39 Å². The van der Waals surface area contributed by atoms with E-state index >= 15 is 0 Å². The van der Waals surface area contributed by atoms with Crippen LogP contribution in [-0.2, 0) is 0 Å². The summed E-state index contributed by atoms with van der Waals surface area (Å²) in [4.78, 5) is 0. The third-order valence-electron chi connectivity index (χ3n) is 3.37. The van der Waals surface area contributed by atoms with E-state index in [1.54, 1.807) is 13.2 Å². The molecule has 1 aromatic carbocycles. The maximum atomic E-state index is 13.6. The Labute approximate surface area is 102 Å². The van der Waals surface area contributed by atoms with Crippen LogP contribution in [0.5, 0.6) is 5.75 Å². The van der Waals surface area contributed by atoms with E-state index in [4.69, 9.17) is 4.74 Å². The molecule has 0 radical (unpaired) electrons. The van der Waals surface area contributed by atoms with E-state index in [1.807, 2.05) is 0 Å². The second-order valence-corrected chi connectivity index (χ2v) is 4.91. The molecule has 0 aliphatic carbocycles. The second-order valence-electron chi connectivity index (χ2n) is 4.91. The van der Waals surface area contributed by atoms with E-state index in [2.05, 4.69) is 19.2 Å². The summed E-state index contributed by atoms with van der Waals surface area (Å²) in [5, 5.41) is 3.42. The van der Waals surface area contributed by atoms with Crippen molar-refractivity contribution in [3.63, 3.8) is 0 Å². The van der Waals surface area contributed by atoms with Crippen molar-refractivity contribution in [1.29, 1.82) is 0 Å². The lowest BCUT2D eigenvalue weighted by atomic mass is 9.91. The summed E-state index contributed by atoms with van der Waals surface area (Å²) in [5.41, 5.74) is 2.20. The zero-order chi connectivity index (χ0) is 12.4. The van der Waals surface area contributed by atoms with Gasteiger partial charge in [0.05, 0.1) is 7.11 Å². The van der Waals surface area contributed by atoms with Crippen molar-refractivity contribution >= 4 is 0 Å². The standard InChI is InChI=1S/C14H20FNO/c1-9(2)14-11(12-5-4-6-16-12)7-10(15)8-13(14)17-3/h7-9,12,16H,4-6H2,1-3H3. The molecular formula is C14H20FNO. The minimum atomic E-state index is -0.213. The number of hydrogen-bond donors (Lipinski definition) is 1. The Morgan fingerprint density at radius 3 is 2.71 bits per heavy atom. The van der Waals surface area contributed by atoms with Crippen LogP contribution < -0.4 is 10.1 Å². The summed E-state index contributed by atoms with van der Waals surface area (Å²) in [6.07, 6.45) is 2.23. The van der Waals surface area contributed by atoms with Gasteiger partial charge in [0, 0.05) is 17.7 Å². The Morgan fingerprint density at radius 2 is 2.18 bits per heavy atom. The molecule has 0 saturated carbocycles. The molecule has 1 saturated heterocycles. The van der Waals surface area contributed by atoms with Crippen LogP contribution >= 0.6 is 0 Å². The van der Waals surface area contributed by atoms with E-state index in [1.165, 1.54) is 6.07 Å². The van der Waals surface area contributed by atoms with Crippen molar-refractivity contribution in [3.8, 4) is 5.75 Å². The van der Waals surface area contributed by atoms with Crippen LogP contribution in [0, 0.1) is 5.82 Å². The largest absolute Gasteiger partial charge is 0.496 e. The number of halogens is 1. The van der Waals surface area contributed by atoms with Gasteiger partial charge in [-0.15, -0.1) is 0 Å². The number of hydrogen-bond acceptors (Lipinski definition) is 2. The molecule has 0 bridgehead atoms. The Bertz CT molecular complexity index is 397. The Morgan fingerprint density at radius 1 is 1.41 bits per heavy atom.